The van der Waals surface area contributed by atoms with E-state index >= 15 is 0 Å². The highest BCUT2D eigenvalue weighted by molar-refractivity contribution is 9.09. The molecule has 0 amide bonds. The highest BCUT2D eigenvalue weighted by Crippen LogP contribution is 2.21. The molecule has 0 saturated carbocycles. The Morgan fingerprint density at radius 3 is 2.38 bits per heavy atom. The van der Waals surface area contributed by atoms with E-state index in [1.807, 2.05) is 0 Å². The van der Waals surface area contributed by atoms with Crippen molar-refractivity contribution in [1.82, 2.24) is 9.03 Å². The minimum Gasteiger partial charge on any atom is -0.202 e. The third-order valence-corrected chi connectivity index (χ3v) is 4.86. The zero-order valence-electron chi connectivity index (χ0n) is 10.00. The van der Waals surface area contributed by atoms with Gasteiger partial charge in [-0.15, -0.1) is 0 Å². The van der Waals surface area contributed by atoms with Crippen LogP contribution in [-0.2, 0) is 10.2 Å². The van der Waals surface area contributed by atoms with Crippen LogP contribution in [0.4, 0.5) is 0 Å². The van der Waals surface area contributed by atoms with Gasteiger partial charge in [-0.25, -0.2) is 4.72 Å². The second-order valence-electron chi connectivity index (χ2n) is 5.04. The molecule has 0 spiro atoms. The van der Waals surface area contributed by atoms with Gasteiger partial charge >= 0.3 is 0 Å². The lowest BCUT2D eigenvalue weighted by Gasteiger charge is -2.25. The van der Waals surface area contributed by atoms with Gasteiger partial charge < -0.3 is 0 Å². The van der Waals surface area contributed by atoms with E-state index in [-0.39, 0.29) is 5.41 Å². The second-order valence-corrected chi connectivity index (χ2v) is 7.58. The van der Waals surface area contributed by atoms with Crippen molar-refractivity contribution in [2.75, 3.05) is 25.0 Å². The summed E-state index contributed by atoms with van der Waals surface area (Å²) in [4.78, 5) is 0. The lowest BCUT2D eigenvalue weighted by molar-refractivity contribution is 0.347. The second kappa shape index (κ2) is 5.80. The van der Waals surface area contributed by atoms with Crippen molar-refractivity contribution in [3.8, 4) is 0 Å². The summed E-state index contributed by atoms with van der Waals surface area (Å²) in [7, 11) is -3.24. The lowest BCUT2D eigenvalue weighted by Crippen LogP contribution is -2.43. The molecule has 0 aromatic rings. The molecule has 0 aromatic carbocycles. The number of rotatable bonds is 6. The number of nitrogens with one attached hydrogen (secondary N) is 1. The Hall–Kier alpha value is 0.350. The van der Waals surface area contributed by atoms with E-state index in [2.05, 4.69) is 34.5 Å². The Kier molecular flexibility index (Phi) is 5.22. The first-order chi connectivity index (χ1) is 7.37. The molecule has 0 aromatic heterocycles. The molecule has 6 heteroatoms. The van der Waals surface area contributed by atoms with Gasteiger partial charge in [-0.2, -0.15) is 12.7 Å². The third kappa shape index (κ3) is 4.31. The Morgan fingerprint density at radius 2 is 1.88 bits per heavy atom. The highest BCUT2D eigenvalue weighted by Gasteiger charge is 2.27. The van der Waals surface area contributed by atoms with Crippen LogP contribution in [0.5, 0.6) is 0 Å². The molecule has 0 atom stereocenters. The number of halogens is 1. The van der Waals surface area contributed by atoms with E-state index in [0.29, 0.717) is 19.6 Å². The topological polar surface area (TPSA) is 49.4 Å². The zero-order chi connectivity index (χ0) is 12.2. The van der Waals surface area contributed by atoms with Gasteiger partial charge in [-0.3, -0.25) is 0 Å². The first-order valence-electron chi connectivity index (χ1n) is 5.68. The molecule has 1 fully saturated rings. The van der Waals surface area contributed by atoms with Gasteiger partial charge in [0.05, 0.1) is 0 Å². The van der Waals surface area contributed by atoms with Crippen LogP contribution in [0.1, 0.15) is 33.1 Å². The lowest BCUT2D eigenvalue weighted by atomic mass is 9.91. The molecule has 0 radical (unpaired) electrons. The number of hydrogen-bond donors (Lipinski definition) is 1. The van der Waals surface area contributed by atoms with Crippen LogP contribution in [0.15, 0.2) is 0 Å². The molecular weight excluding hydrogens is 292 g/mol. The maximum atomic E-state index is 11.9. The Bertz CT molecular complexity index is 311. The van der Waals surface area contributed by atoms with Crippen LogP contribution in [0, 0.1) is 5.41 Å². The van der Waals surface area contributed by atoms with Crippen molar-refractivity contribution in [2.45, 2.75) is 33.1 Å². The van der Waals surface area contributed by atoms with Crippen molar-refractivity contribution < 1.29 is 8.42 Å². The van der Waals surface area contributed by atoms with Crippen LogP contribution >= 0.6 is 15.9 Å². The van der Waals surface area contributed by atoms with Gasteiger partial charge in [0.25, 0.3) is 10.2 Å². The predicted octanol–water partition coefficient (Wildman–Crippen LogP) is 1.73. The Labute approximate surface area is 107 Å². The van der Waals surface area contributed by atoms with Crippen LogP contribution in [0.25, 0.3) is 0 Å². The standard InChI is InChI=1S/C10H21BrN2O2S/c1-10(2,5-6-11)9-12-16(14,15)13-7-3-4-8-13/h12H,3-9H2,1-2H3. The SMILES string of the molecule is CC(C)(CCBr)CNS(=O)(=O)N1CCCC1. The molecule has 16 heavy (non-hydrogen) atoms. The number of alkyl halides is 1. The maximum Gasteiger partial charge on any atom is 0.279 e. The van der Waals surface area contributed by atoms with Crippen LogP contribution in [0.3, 0.4) is 0 Å². The van der Waals surface area contributed by atoms with Crippen molar-refractivity contribution in [2.24, 2.45) is 5.41 Å². The fourth-order valence-electron chi connectivity index (χ4n) is 1.65. The number of nitrogens with zero attached hydrogens (tertiary/aromatic N) is 1. The molecule has 0 unspecified atom stereocenters. The van der Waals surface area contributed by atoms with Crippen molar-refractivity contribution in [1.29, 1.82) is 0 Å². The van der Waals surface area contributed by atoms with Gasteiger partial charge in [-0.05, 0) is 24.7 Å². The molecule has 1 rings (SSSR count). The average molecular weight is 313 g/mol. The van der Waals surface area contributed by atoms with Gasteiger partial charge in [0.2, 0.25) is 0 Å². The molecule has 1 aliphatic rings. The van der Waals surface area contributed by atoms with Gasteiger partial charge in [0.1, 0.15) is 0 Å². The Balaban J connectivity index is 2.47. The maximum absolute atomic E-state index is 11.9. The first-order valence-corrected chi connectivity index (χ1v) is 8.24. The minimum atomic E-state index is -3.24. The third-order valence-electron chi connectivity index (χ3n) is 2.91. The summed E-state index contributed by atoms with van der Waals surface area (Å²) in [6.07, 6.45) is 2.91. The Morgan fingerprint density at radius 1 is 1.31 bits per heavy atom. The zero-order valence-corrected chi connectivity index (χ0v) is 12.4. The minimum absolute atomic E-state index is 0.00368. The number of hydrogen-bond acceptors (Lipinski definition) is 2. The fourth-order valence-corrected chi connectivity index (χ4v) is 4.22. The van der Waals surface area contributed by atoms with Crippen molar-refractivity contribution in [3.63, 3.8) is 0 Å². The first kappa shape index (κ1) is 14.4. The van der Waals surface area contributed by atoms with Crippen molar-refractivity contribution in [3.05, 3.63) is 0 Å². The summed E-state index contributed by atoms with van der Waals surface area (Å²) in [6.45, 7) is 5.96. The largest absolute Gasteiger partial charge is 0.279 e. The van der Waals surface area contributed by atoms with Crippen LogP contribution in [-0.4, -0.2) is 37.7 Å². The van der Waals surface area contributed by atoms with Crippen LogP contribution < -0.4 is 4.72 Å². The van der Waals surface area contributed by atoms with Gasteiger partial charge in [-0.1, -0.05) is 29.8 Å². The highest BCUT2D eigenvalue weighted by atomic mass is 79.9. The molecule has 1 aliphatic heterocycles. The van der Waals surface area contributed by atoms with Gasteiger partial charge in [0, 0.05) is 25.0 Å². The molecule has 1 N–H and O–H groups in total. The van der Waals surface area contributed by atoms with E-state index in [4.69, 9.17) is 0 Å². The van der Waals surface area contributed by atoms with E-state index in [0.717, 1.165) is 24.6 Å². The summed E-state index contributed by atoms with van der Waals surface area (Å²) in [5, 5.41) is 0.894. The summed E-state index contributed by atoms with van der Waals surface area (Å²) < 4.78 is 28.0. The molecule has 0 aliphatic carbocycles. The van der Waals surface area contributed by atoms with E-state index in [1.165, 1.54) is 4.31 Å². The fraction of sp³-hybridized carbons (Fsp3) is 1.00. The van der Waals surface area contributed by atoms with Crippen molar-refractivity contribution >= 4 is 26.1 Å². The predicted molar refractivity (Wildman–Crippen MR) is 69.9 cm³/mol. The average Bonchev–Trinajstić information content (AvgIpc) is 2.68. The molecule has 96 valence electrons. The summed E-state index contributed by atoms with van der Waals surface area (Å²) in [6, 6.07) is 0. The molecule has 0 bridgehead atoms. The van der Waals surface area contributed by atoms with E-state index in [1.54, 1.807) is 0 Å². The molecule has 4 nitrogen and oxygen atoms in total. The van der Waals surface area contributed by atoms with Gasteiger partial charge in [0.15, 0.2) is 0 Å². The summed E-state index contributed by atoms with van der Waals surface area (Å²) in [5.41, 5.74) is -0.00368. The van der Waals surface area contributed by atoms with E-state index < -0.39 is 10.2 Å². The molecule has 1 heterocycles. The smallest absolute Gasteiger partial charge is 0.202 e. The van der Waals surface area contributed by atoms with E-state index in [9.17, 15) is 8.42 Å². The van der Waals surface area contributed by atoms with Crippen LogP contribution in [0.2, 0.25) is 0 Å². The normalized spacial score (nSPS) is 19.2. The molecule has 1 saturated heterocycles. The molecular formula is C10H21BrN2O2S. The quantitative estimate of drug-likeness (QED) is 0.759. The summed E-state index contributed by atoms with van der Waals surface area (Å²) in [5.74, 6) is 0. The monoisotopic (exact) mass is 312 g/mol. The summed E-state index contributed by atoms with van der Waals surface area (Å²) >= 11 is 3.38.